The quantitative estimate of drug-likeness (QED) is 0.746. The van der Waals surface area contributed by atoms with Crippen LogP contribution in [0.25, 0.3) is 0 Å². The van der Waals surface area contributed by atoms with E-state index in [2.05, 4.69) is 15.9 Å². The minimum Gasteiger partial charge on any atom is -0.491 e. The van der Waals surface area contributed by atoms with Crippen molar-refractivity contribution >= 4 is 11.6 Å². The fourth-order valence-electron chi connectivity index (χ4n) is 3.02. The predicted molar refractivity (Wildman–Crippen MR) is 93.3 cm³/mol. The molecular weight excluding hydrogens is 312 g/mol. The van der Waals surface area contributed by atoms with Gasteiger partial charge in [-0.25, -0.2) is 0 Å². The third-order valence-corrected chi connectivity index (χ3v) is 4.69. The normalized spacial score (nSPS) is 20.3. The molecule has 0 saturated carbocycles. The molecule has 2 aliphatic heterocycles. The lowest BCUT2D eigenvalue weighted by Crippen LogP contribution is -2.48. The van der Waals surface area contributed by atoms with Crippen LogP contribution in [0.3, 0.4) is 0 Å². The summed E-state index contributed by atoms with van der Waals surface area (Å²) in [5.74, 6) is 0.775. The first-order valence-corrected chi connectivity index (χ1v) is 8.77. The Morgan fingerprint density at radius 2 is 1.87 bits per heavy atom. The molecule has 0 radical (unpaired) electrons. The van der Waals surface area contributed by atoms with E-state index in [1.165, 1.54) is 5.57 Å². The molecule has 0 unspecified atom stereocenters. The smallest absolute Gasteiger partial charge is 0.137 e. The first-order valence-electron chi connectivity index (χ1n) is 8.39. The van der Waals surface area contributed by atoms with E-state index in [0.717, 1.165) is 64.7 Å². The third kappa shape index (κ3) is 5.21. The van der Waals surface area contributed by atoms with Crippen molar-refractivity contribution in [2.45, 2.75) is 6.42 Å². The van der Waals surface area contributed by atoms with E-state index in [4.69, 9.17) is 21.1 Å². The van der Waals surface area contributed by atoms with Gasteiger partial charge in [0.05, 0.1) is 18.2 Å². The molecular formula is C18H25ClN2O2. The molecule has 1 aromatic carbocycles. The Kier molecular flexibility index (Phi) is 6.34. The fourth-order valence-corrected chi connectivity index (χ4v) is 3.21. The number of hydrogen-bond acceptors (Lipinski definition) is 4. The largest absolute Gasteiger partial charge is 0.491 e. The number of ether oxygens (including phenoxy) is 2. The van der Waals surface area contributed by atoms with E-state index in [0.29, 0.717) is 11.6 Å². The van der Waals surface area contributed by atoms with Crippen molar-refractivity contribution < 1.29 is 9.47 Å². The monoisotopic (exact) mass is 336 g/mol. The molecule has 0 aromatic heterocycles. The zero-order valence-electron chi connectivity index (χ0n) is 13.5. The first-order chi connectivity index (χ1) is 11.3. The topological polar surface area (TPSA) is 24.9 Å². The van der Waals surface area contributed by atoms with Gasteiger partial charge in [-0.2, -0.15) is 0 Å². The predicted octanol–water partition coefficient (Wildman–Crippen LogP) is 2.68. The van der Waals surface area contributed by atoms with Crippen LogP contribution in [0.5, 0.6) is 5.75 Å². The summed E-state index contributed by atoms with van der Waals surface area (Å²) in [4.78, 5) is 4.98. The minimum atomic E-state index is 0.681. The number of halogens is 1. The average Bonchev–Trinajstić information content (AvgIpc) is 2.59. The summed E-state index contributed by atoms with van der Waals surface area (Å²) < 4.78 is 11.3. The van der Waals surface area contributed by atoms with Gasteiger partial charge in [-0.15, -0.1) is 0 Å². The number of nitrogens with zero attached hydrogens (tertiary/aromatic N) is 2. The second-order valence-electron chi connectivity index (χ2n) is 6.10. The van der Waals surface area contributed by atoms with E-state index < -0.39 is 0 Å². The van der Waals surface area contributed by atoms with Gasteiger partial charge < -0.3 is 9.47 Å². The molecule has 0 N–H and O–H groups in total. The highest BCUT2D eigenvalue weighted by atomic mass is 35.5. The summed E-state index contributed by atoms with van der Waals surface area (Å²) in [6.07, 6.45) is 3.40. The number of benzene rings is 1. The van der Waals surface area contributed by atoms with Crippen LogP contribution in [-0.2, 0) is 4.74 Å². The maximum Gasteiger partial charge on any atom is 0.137 e. The molecule has 23 heavy (non-hydrogen) atoms. The average molecular weight is 337 g/mol. The highest BCUT2D eigenvalue weighted by molar-refractivity contribution is 6.32. The van der Waals surface area contributed by atoms with Crippen molar-refractivity contribution in [2.24, 2.45) is 0 Å². The Morgan fingerprint density at radius 3 is 2.61 bits per heavy atom. The van der Waals surface area contributed by atoms with Crippen molar-refractivity contribution in [3.05, 3.63) is 40.9 Å². The van der Waals surface area contributed by atoms with E-state index in [9.17, 15) is 0 Å². The zero-order valence-corrected chi connectivity index (χ0v) is 14.3. The highest BCUT2D eigenvalue weighted by Gasteiger charge is 2.18. The third-order valence-electron chi connectivity index (χ3n) is 4.38. The fraction of sp³-hybridized carbons (Fsp3) is 0.556. The van der Waals surface area contributed by atoms with Crippen molar-refractivity contribution in [2.75, 3.05) is 59.1 Å². The van der Waals surface area contributed by atoms with Gasteiger partial charge in [0, 0.05) is 39.3 Å². The molecule has 0 amide bonds. The van der Waals surface area contributed by atoms with Crippen molar-refractivity contribution in [1.82, 2.24) is 9.80 Å². The Morgan fingerprint density at radius 1 is 1.09 bits per heavy atom. The summed E-state index contributed by atoms with van der Waals surface area (Å²) >= 11 is 6.10. The van der Waals surface area contributed by atoms with Gasteiger partial charge >= 0.3 is 0 Å². The summed E-state index contributed by atoms with van der Waals surface area (Å²) in [6.45, 7) is 8.80. The van der Waals surface area contributed by atoms with Crippen LogP contribution in [0.4, 0.5) is 0 Å². The SMILES string of the molecule is Clc1ccccc1OCCN1CCN(CC2=CCCOC2)CC1. The molecule has 2 aliphatic rings. The summed E-state index contributed by atoms with van der Waals surface area (Å²) in [6, 6.07) is 7.64. The van der Waals surface area contributed by atoms with Gasteiger partial charge in [-0.1, -0.05) is 29.8 Å². The first kappa shape index (κ1) is 16.8. The molecule has 0 aliphatic carbocycles. The van der Waals surface area contributed by atoms with Gasteiger partial charge in [0.25, 0.3) is 0 Å². The molecule has 0 atom stereocenters. The summed E-state index contributed by atoms with van der Waals surface area (Å²) in [5, 5.41) is 0.681. The van der Waals surface area contributed by atoms with Crippen molar-refractivity contribution in [3.8, 4) is 5.75 Å². The lowest BCUT2D eigenvalue weighted by molar-refractivity contribution is 0.110. The zero-order chi connectivity index (χ0) is 15.9. The maximum absolute atomic E-state index is 6.10. The summed E-state index contributed by atoms with van der Waals surface area (Å²) in [5.41, 5.74) is 1.44. The molecule has 1 saturated heterocycles. The Hall–Kier alpha value is -1.07. The lowest BCUT2D eigenvalue weighted by atomic mass is 10.1. The van der Waals surface area contributed by atoms with E-state index in [-0.39, 0.29) is 0 Å². The highest BCUT2D eigenvalue weighted by Crippen LogP contribution is 2.22. The number of piperazine rings is 1. The van der Waals surface area contributed by atoms with Crippen LogP contribution >= 0.6 is 11.6 Å². The summed E-state index contributed by atoms with van der Waals surface area (Å²) in [7, 11) is 0. The van der Waals surface area contributed by atoms with Crippen molar-refractivity contribution in [1.29, 1.82) is 0 Å². The van der Waals surface area contributed by atoms with Gasteiger partial charge in [0.1, 0.15) is 12.4 Å². The molecule has 126 valence electrons. The number of hydrogen-bond donors (Lipinski definition) is 0. The molecule has 4 nitrogen and oxygen atoms in total. The molecule has 5 heteroatoms. The van der Waals surface area contributed by atoms with Gasteiger partial charge in [0.2, 0.25) is 0 Å². The van der Waals surface area contributed by atoms with Gasteiger partial charge in [-0.3, -0.25) is 9.80 Å². The van der Waals surface area contributed by atoms with Crippen LogP contribution < -0.4 is 4.74 Å². The molecule has 0 spiro atoms. The molecule has 0 bridgehead atoms. The van der Waals surface area contributed by atoms with E-state index in [1.54, 1.807) is 0 Å². The molecule has 1 aromatic rings. The van der Waals surface area contributed by atoms with E-state index >= 15 is 0 Å². The Balaban J connectivity index is 1.34. The number of rotatable bonds is 6. The van der Waals surface area contributed by atoms with Gasteiger partial charge in [0.15, 0.2) is 0 Å². The number of para-hydroxylation sites is 1. The Labute approximate surface area is 143 Å². The second kappa shape index (κ2) is 8.69. The van der Waals surface area contributed by atoms with Crippen LogP contribution in [0.15, 0.2) is 35.9 Å². The lowest BCUT2D eigenvalue weighted by Gasteiger charge is -2.35. The van der Waals surface area contributed by atoms with Crippen molar-refractivity contribution in [3.63, 3.8) is 0 Å². The molecule has 1 fully saturated rings. The molecule has 3 rings (SSSR count). The van der Waals surface area contributed by atoms with Crippen LogP contribution in [-0.4, -0.2) is 68.9 Å². The van der Waals surface area contributed by atoms with Crippen LogP contribution in [0.2, 0.25) is 5.02 Å². The molecule has 2 heterocycles. The van der Waals surface area contributed by atoms with E-state index in [1.807, 2.05) is 24.3 Å². The van der Waals surface area contributed by atoms with Crippen LogP contribution in [0.1, 0.15) is 6.42 Å². The second-order valence-corrected chi connectivity index (χ2v) is 6.51. The van der Waals surface area contributed by atoms with Crippen LogP contribution in [0, 0.1) is 0 Å². The maximum atomic E-state index is 6.10. The minimum absolute atomic E-state index is 0.681. The Bertz CT molecular complexity index is 528. The standard InChI is InChI=1S/C18H25ClN2O2/c19-17-5-1-2-6-18(17)23-13-11-20-7-9-21(10-8-20)14-16-4-3-12-22-15-16/h1-2,4-6H,3,7-15H2. The van der Waals surface area contributed by atoms with Gasteiger partial charge in [-0.05, 0) is 24.1 Å².